The number of nitrogens with one attached hydrogen (secondary N) is 1. The second-order valence-electron chi connectivity index (χ2n) is 4.72. The first-order valence-electron chi connectivity index (χ1n) is 6.83. The minimum Gasteiger partial charge on any atom is -0.477 e. The molecule has 2 N–H and O–H groups in total. The van der Waals surface area contributed by atoms with Crippen LogP contribution in [0.2, 0.25) is 0 Å². The molecule has 0 radical (unpaired) electrons. The van der Waals surface area contributed by atoms with Gasteiger partial charge in [0.25, 0.3) is 5.91 Å². The summed E-state index contributed by atoms with van der Waals surface area (Å²) >= 11 is 0.971. The third-order valence-corrected chi connectivity index (χ3v) is 4.14. The zero-order valence-corrected chi connectivity index (χ0v) is 12.6. The number of aryl methyl sites for hydroxylation is 1. The predicted molar refractivity (Wildman–Crippen MR) is 84.3 cm³/mol. The van der Waals surface area contributed by atoms with Crippen LogP contribution in [0, 0.1) is 0 Å². The molecule has 0 aliphatic carbocycles. The number of carboxylic acid groups (broad SMARTS) is 1. The average Bonchev–Trinajstić information content (AvgIpc) is 2.97. The molecule has 4 nitrogen and oxygen atoms in total. The molecule has 1 heterocycles. The fourth-order valence-electron chi connectivity index (χ4n) is 1.90. The van der Waals surface area contributed by atoms with E-state index in [1.54, 1.807) is 0 Å². The number of rotatable bonds is 6. The van der Waals surface area contributed by atoms with Gasteiger partial charge in [0, 0.05) is 5.69 Å². The van der Waals surface area contributed by atoms with E-state index < -0.39 is 5.97 Å². The van der Waals surface area contributed by atoms with Gasteiger partial charge in [-0.25, -0.2) is 4.79 Å². The van der Waals surface area contributed by atoms with Crippen molar-refractivity contribution >= 4 is 28.9 Å². The van der Waals surface area contributed by atoms with Crippen LogP contribution < -0.4 is 5.32 Å². The monoisotopic (exact) mass is 303 g/mol. The topological polar surface area (TPSA) is 66.4 Å². The summed E-state index contributed by atoms with van der Waals surface area (Å²) < 4.78 is 0. The van der Waals surface area contributed by atoms with Crippen molar-refractivity contribution in [1.29, 1.82) is 0 Å². The molecule has 1 aromatic heterocycles. The van der Waals surface area contributed by atoms with Crippen molar-refractivity contribution in [3.63, 3.8) is 0 Å². The number of hydrogen-bond donors (Lipinski definition) is 2. The quantitative estimate of drug-likeness (QED) is 0.846. The number of unbranched alkanes of at least 4 members (excludes halogenated alkanes) is 1. The number of aromatic carboxylic acids is 1. The highest BCUT2D eigenvalue weighted by Gasteiger charge is 2.12. The summed E-state index contributed by atoms with van der Waals surface area (Å²) in [5.41, 5.74) is 1.96. The standard InChI is InChI=1S/C16H17NO3S/c1-2-3-4-11-5-7-12(8-6-11)17-15(18)13-9-10-14(21-13)16(19)20/h5-10H,2-4H2,1H3,(H,17,18)(H,19,20). The van der Waals surface area contributed by atoms with Gasteiger partial charge >= 0.3 is 5.97 Å². The van der Waals surface area contributed by atoms with Crippen LogP contribution in [-0.4, -0.2) is 17.0 Å². The van der Waals surface area contributed by atoms with Crippen molar-refractivity contribution in [3.8, 4) is 0 Å². The van der Waals surface area contributed by atoms with Gasteiger partial charge in [-0.1, -0.05) is 25.5 Å². The number of carbonyl (C=O) groups is 2. The van der Waals surface area contributed by atoms with E-state index in [4.69, 9.17) is 5.11 Å². The molecule has 5 heteroatoms. The van der Waals surface area contributed by atoms with Crippen molar-refractivity contribution in [2.24, 2.45) is 0 Å². The number of carbonyl (C=O) groups excluding carboxylic acids is 1. The molecule has 0 saturated heterocycles. The van der Waals surface area contributed by atoms with E-state index >= 15 is 0 Å². The summed E-state index contributed by atoms with van der Waals surface area (Å²) in [6, 6.07) is 10.7. The van der Waals surface area contributed by atoms with Crippen LogP contribution in [-0.2, 0) is 6.42 Å². The highest BCUT2D eigenvalue weighted by molar-refractivity contribution is 7.15. The Kier molecular flexibility index (Phi) is 5.11. The molecule has 2 rings (SSSR count). The largest absolute Gasteiger partial charge is 0.477 e. The van der Waals surface area contributed by atoms with Gasteiger partial charge in [0.15, 0.2) is 0 Å². The SMILES string of the molecule is CCCCc1ccc(NC(=O)c2ccc(C(=O)O)s2)cc1. The van der Waals surface area contributed by atoms with Crippen LogP contribution in [0.5, 0.6) is 0 Å². The second kappa shape index (κ2) is 7.04. The van der Waals surface area contributed by atoms with E-state index in [-0.39, 0.29) is 10.8 Å². The van der Waals surface area contributed by atoms with Gasteiger partial charge in [0.1, 0.15) is 4.88 Å². The van der Waals surface area contributed by atoms with E-state index in [2.05, 4.69) is 12.2 Å². The lowest BCUT2D eigenvalue weighted by atomic mass is 10.1. The number of hydrogen-bond acceptors (Lipinski definition) is 3. The van der Waals surface area contributed by atoms with Gasteiger partial charge in [0.2, 0.25) is 0 Å². The number of carboxylic acids is 1. The number of benzene rings is 1. The summed E-state index contributed by atoms with van der Waals surface area (Å²) in [5, 5.41) is 11.6. The van der Waals surface area contributed by atoms with Crippen molar-refractivity contribution in [2.75, 3.05) is 5.32 Å². The Bertz CT molecular complexity index is 631. The maximum Gasteiger partial charge on any atom is 0.345 e. The molecule has 0 atom stereocenters. The molecule has 110 valence electrons. The lowest BCUT2D eigenvalue weighted by Gasteiger charge is -2.05. The molecule has 0 aliphatic heterocycles. The number of anilines is 1. The Balaban J connectivity index is 2.00. The first-order valence-corrected chi connectivity index (χ1v) is 7.65. The van der Waals surface area contributed by atoms with Crippen molar-refractivity contribution < 1.29 is 14.7 Å². The van der Waals surface area contributed by atoms with E-state index in [0.717, 1.165) is 30.6 Å². The predicted octanol–water partition coefficient (Wildman–Crippen LogP) is 4.04. The number of amides is 1. The summed E-state index contributed by atoms with van der Waals surface area (Å²) in [5.74, 6) is -1.30. The van der Waals surface area contributed by atoms with Gasteiger partial charge in [-0.3, -0.25) is 4.79 Å². The smallest absolute Gasteiger partial charge is 0.345 e. The summed E-state index contributed by atoms with van der Waals surface area (Å²) in [6.07, 6.45) is 3.35. The average molecular weight is 303 g/mol. The van der Waals surface area contributed by atoms with E-state index in [0.29, 0.717) is 10.6 Å². The molecule has 0 unspecified atom stereocenters. The van der Waals surface area contributed by atoms with Crippen molar-refractivity contribution in [3.05, 3.63) is 51.7 Å². The summed E-state index contributed by atoms with van der Waals surface area (Å²) in [4.78, 5) is 23.4. The zero-order chi connectivity index (χ0) is 15.2. The molecule has 2 aromatic rings. The van der Waals surface area contributed by atoms with Gasteiger partial charge in [-0.05, 0) is 42.7 Å². The molecular formula is C16H17NO3S. The van der Waals surface area contributed by atoms with E-state index in [9.17, 15) is 9.59 Å². The van der Waals surface area contributed by atoms with Gasteiger partial charge < -0.3 is 10.4 Å². The highest BCUT2D eigenvalue weighted by Crippen LogP contribution is 2.19. The van der Waals surface area contributed by atoms with Crippen molar-refractivity contribution in [1.82, 2.24) is 0 Å². The normalized spacial score (nSPS) is 10.3. The Morgan fingerprint density at radius 3 is 2.33 bits per heavy atom. The molecule has 0 aliphatic rings. The molecule has 0 fully saturated rings. The van der Waals surface area contributed by atoms with Crippen LogP contribution in [0.3, 0.4) is 0 Å². The van der Waals surface area contributed by atoms with Gasteiger partial charge in [-0.15, -0.1) is 11.3 Å². The zero-order valence-electron chi connectivity index (χ0n) is 11.8. The van der Waals surface area contributed by atoms with Gasteiger partial charge in [-0.2, -0.15) is 0 Å². The Labute approximate surface area is 127 Å². The molecule has 21 heavy (non-hydrogen) atoms. The Morgan fingerprint density at radius 1 is 1.10 bits per heavy atom. The van der Waals surface area contributed by atoms with Crippen LogP contribution >= 0.6 is 11.3 Å². The third-order valence-electron chi connectivity index (χ3n) is 3.07. The first kappa shape index (κ1) is 15.3. The minimum absolute atomic E-state index is 0.162. The summed E-state index contributed by atoms with van der Waals surface area (Å²) in [7, 11) is 0. The molecule has 0 spiro atoms. The number of thiophene rings is 1. The Hall–Kier alpha value is -2.14. The van der Waals surface area contributed by atoms with Crippen LogP contribution in [0.25, 0.3) is 0 Å². The lowest BCUT2D eigenvalue weighted by molar-refractivity contribution is 0.0702. The van der Waals surface area contributed by atoms with Gasteiger partial charge in [0.05, 0.1) is 4.88 Å². The van der Waals surface area contributed by atoms with E-state index in [1.807, 2.05) is 24.3 Å². The fraction of sp³-hybridized carbons (Fsp3) is 0.250. The molecule has 1 aromatic carbocycles. The van der Waals surface area contributed by atoms with Crippen LogP contribution in [0.1, 0.15) is 44.7 Å². The van der Waals surface area contributed by atoms with Crippen LogP contribution in [0.4, 0.5) is 5.69 Å². The third kappa shape index (κ3) is 4.16. The van der Waals surface area contributed by atoms with Crippen molar-refractivity contribution in [2.45, 2.75) is 26.2 Å². The lowest BCUT2D eigenvalue weighted by Crippen LogP contribution is -2.10. The maximum absolute atomic E-state index is 12.0. The minimum atomic E-state index is -1.01. The summed E-state index contributed by atoms with van der Waals surface area (Å²) in [6.45, 7) is 2.15. The fourth-order valence-corrected chi connectivity index (χ4v) is 2.64. The first-order chi connectivity index (χ1) is 10.1. The maximum atomic E-state index is 12.0. The second-order valence-corrected chi connectivity index (χ2v) is 5.81. The van der Waals surface area contributed by atoms with E-state index in [1.165, 1.54) is 17.7 Å². The molecule has 1 amide bonds. The molecular weight excluding hydrogens is 286 g/mol. The van der Waals surface area contributed by atoms with Crippen LogP contribution in [0.15, 0.2) is 36.4 Å². The highest BCUT2D eigenvalue weighted by atomic mass is 32.1. The Morgan fingerprint density at radius 2 is 1.76 bits per heavy atom. The molecule has 0 bridgehead atoms. The molecule has 0 saturated carbocycles.